The van der Waals surface area contributed by atoms with Crippen LogP contribution >= 0.6 is 11.6 Å². The maximum atomic E-state index is 12.5. The van der Waals surface area contributed by atoms with Crippen LogP contribution in [-0.2, 0) is 10.4 Å². The topological polar surface area (TPSA) is 62.3 Å². The normalized spacial score (nSPS) is 22.9. The SMILES string of the molecule is CC1(c2ccccc2)C=C(CN2CCC(n3c(=O)[nH]c4cc(Cl)ccc43)CC2)NO1. The summed E-state index contributed by atoms with van der Waals surface area (Å²) < 4.78 is 1.89. The summed E-state index contributed by atoms with van der Waals surface area (Å²) in [5.74, 6) is 0. The summed E-state index contributed by atoms with van der Waals surface area (Å²) in [4.78, 5) is 23.8. The first kappa shape index (κ1) is 19.4. The van der Waals surface area contributed by atoms with Crippen LogP contribution in [-0.4, -0.2) is 34.1 Å². The molecule has 2 aliphatic rings. The average molecular weight is 425 g/mol. The van der Waals surface area contributed by atoms with Gasteiger partial charge in [-0.25, -0.2) is 4.79 Å². The molecule has 0 saturated carbocycles. The van der Waals surface area contributed by atoms with Crippen LogP contribution in [0.3, 0.4) is 0 Å². The largest absolute Gasteiger partial charge is 0.326 e. The van der Waals surface area contributed by atoms with Crippen molar-refractivity contribution in [2.24, 2.45) is 0 Å². The van der Waals surface area contributed by atoms with Gasteiger partial charge in [0, 0.05) is 30.7 Å². The van der Waals surface area contributed by atoms with Gasteiger partial charge in [-0.2, -0.15) is 0 Å². The fourth-order valence-corrected chi connectivity index (χ4v) is 4.77. The second-order valence-corrected chi connectivity index (χ2v) is 8.75. The number of imidazole rings is 1. The fourth-order valence-electron chi connectivity index (χ4n) is 4.59. The van der Waals surface area contributed by atoms with E-state index in [1.807, 2.05) is 41.0 Å². The second-order valence-electron chi connectivity index (χ2n) is 8.32. The number of benzene rings is 2. The van der Waals surface area contributed by atoms with Crippen molar-refractivity contribution in [1.82, 2.24) is 19.9 Å². The third-order valence-corrected chi connectivity index (χ3v) is 6.42. The highest BCUT2D eigenvalue weighted by molar-refractivity contribution is 6.31. The van der Waals surface area contributed by atoms with Gasteiger partial charge in [-0.1, -0.05) is 41.9 Å². The fraction of sp³-hybridized carbons (Fsp3) is 0.348. The van der Waals surface area contributed by atoms with Gasteiger partial charge in [0.05, 0.1) is 16.7 Å². The number of likely N-dealkylation sites (tertiary alicyclic amines) is 1. The van der Waals surface area contributed by atoms with Gasteiger partial charge in [0.15, 0.2) is 0 Å². The first-order chi connectivity index (χ1) is 14.5. The molecule has 0 spiro atoms. The molecule has 2 aromatic carbocycles. The predicted molar refractivity (Wildman–Crippen MR) is 118 cm³/mol. The van der Waals surface area contributed by atoms with Gasteiger partial charge in [-0.15, -0.1) is 0 Å². The molecular weight excluding hydrogens is 400 g/mol. The van der Waals surface area contributed by atoms with E-state index in [1.165, 1.54) is 0 Å². The lowest BCUT2D eigenvalue weighted by Crippen LogP contribution is -2.38. The van der Waals surface area contributed by atoms with Gasteiger partial charge in [0.1, 0.15) is 5.60 Å². The molecule has 1 aromatic heterocycles. The quantitative estimate of drug-likeness (QED) is 0.665. The number of piperidine rings is 1. The number of aromatic nitrogens is 2. The molecule has 0 radical (unpaired) electrons. The van der Waals surface area contributed by atoms with E-state index in [0.29, 0.717) is 5.02 Å². The first-order valence-corrected chi connectivity index (χ1v) is 10.7. The van der Waals surface area contributed by atoms with Crippen molar-refractivity contribution in [2.45, 2.75) is 31.4 Å². The van der Waals surface area contributed by atoms with Crippen molar-refractivity contribution < 1.29 is 4.84 Å². The summed E-state index contributed by atoms with van der Waals surface area (Å²) in [5.41, 5.74) is 6.55. The Bertz CT molecular complexity index is 1140. The van der Waals surface area contributed by atoms with Crippen LogP contribution in [0.4, 0.5) is 0 Å². The minimum Gasteiger partial charge on any atom is -0.305 e. The van der Waals surface area contributed by atoms with E-state index in [0.717, 1.165) is 54.8 Å². The van der Waals surface area contributed by atoms with Crippen LogP contribution in [0.2, 0.25) is 5.02 Å². The molecule has 2 N–H and O–H groups in total. The number of H-pyrrole nitrogens is 1. The Kier molecular flexibility index (Phi) is 4.93. The van der Waals surface area contributed by atoms with Crippen molar-refractivity contribution in [3.05, 3.63) is 81.4 Å². The number of hydrogen-bond donors (Lipinski definition) is 2. The summed E-state index contributed by atoms with van der Waals surface area (Å²) in [6.45, 7) is 4.74. The van der Waals surface area contributed by atoms with Crippen molar-refractivity contribution in [1.29, 1.82) is 0 Å². The molecule has 0 amide bonds. The molecular formula is C23H25ClN4O2. The number of hydroxylamine groups is 1. The molecule has 1 atom stereocenters. The Morgan fingerprint density at radius 3 is 2.70 bits per heavy atom. The summed E-state index contributed by atoms with van der Waals surface area (Å²) in [6.07, 6.45) is 4.03. The minimum atomic E-state index is -0.451. The van der Waals surface area contributed by atoms with Gasteiger partial charge in [0.25, 0.3) is 0 Å². The van der Waals surface area contributed by atoms with Crippen molar-refractivity contribution in [2.75, 3.05) is 19.6 Å². The van der Waals surface area contributed by atoms with Crippen LogP contribution < -0.4 is 11.2 Å². The Morgan fingerprint density at radius 1 is 1.17 bits per heavy atom. The van der Waals surface area contributed by atoms with Crippen LogP contribution in [0.25, 0.3) is 11.0 Å². The van der Waals surface area contributed by atoms with Gasteiger partial charge in [-0.05, 0) is 49.6 Å². The van der Waals surface area contributed by atoms with E-state index >= 15 is 0 Å². The lowest BCUT2D eigenvalue weighted by atomic mass is 9.95. The number of halogens is 1. The van der Waals surface area contributed by atoms with Crippen LogP contribution in [0.5, 0.6) is 0 Å². The monoisotopic (exact) mass is 424 g/mol. The molecule has 5 rings (SSSR count). The molecule has 2 aliphatic heterocycles. The number of aromatic amines is 1. The highest BCUT2D eigenvalue weighted by Crippen LogP contribution is 2.32. The zero-order chi connectivity index (χ0) is 20.7. The standard InChI is InChI=1S/C23H25ClN4O2/c1-23(16-5-3-2-4-6-16)14-18(26-30-23)15-27-11-9-19(10-12-27)28-21-8-7-17(24)13-20(21)25-22(28)29/h2-8,13-14,19,26H,9-12,15H2,1H3,(H,25,29). The molecule has 0 bridgehead atoms. The second kappa shape index (κ2) is 7.61. The van der Waals surface area contributed by atoms with E-state index in [1.54, 1.807) is 0 Å². The maximum Gasteiger partial charge on any atom is 0.326 e. The molecule has 7 heteroatoms. The smallest absolute Gasteiger partial charge is 0.305 e. The third-order valence-electron chi connectivity index (χ3n) is 6.19. The third kappa shape index (κ3) is 3.55. The molecule has 0 aliphatic carbocycles. The zero-order valence-corrected chi connectivity index (χ0v) is 17.7. The molecule has 156 valence electrons. The molecule has 3 heterocycles. The van der Waals surface area contributed by atoms with E-state index in [2.05, 4.69) is 40.5 Å². The summed E-state index contributed by atoms with van der Waals surface area (Å²) in [7, 11) is 0. The Hall–Kier alpha value is -2.54. The molecule has 1 unspecified atom stereocenters. The summed E-state index contributed by atoms with van der Waals surface area (Å²) in [6, 6.07) is 16.0. The highest BCUT2D eigenvalue weighted by Gasteiger charge is 2.33. The number of hydrogen-bond acceptors (Lipinski definition) is 4. The number of fused-ring (bicyclic) bond motifs is 1. The maximum absolute atomic E-state index is 12.5. The van der Waals surface area contributed by atoms with Gasteiger partial charge < -0.3 is 4.98 Å². The number of nitrogens with zero attached hydrogens (tertiary/aromatic N) is 2. The molecule has 1 saturated heterocycles. The lowest BCUT2D eigenvalue weighted by molar-refractivity contribution is -0.0332. The average Bonchev–Trinajstić information content (AvgIpc) is 3.29. The van der Waals surface area contributed by atoms with Crippen LogP contribution in [0.15, 0.2) is 65.1 Å². The van der Waals surface area contributed by atoms with E-state index in [4.69, 9.17) is 16.4 Å². The minimum absolute atomic E-state index is 0.0575. The summed E-state index contributed by atoms with van der Waals surface area (Å²) in [5, 5.41) is 0.632. The van der Waals surface area contributed by atoms with E-state index in [9.17, 15) is 4.79 Å². The van der Waals surface area contributed by atoms with Gasteiger partial charge in [-0.3, -0.25) is 19.8 Å². The zero-order valence-electron chi connectivity index (χ0n) is 16.9. The number of nitrogens with one attached hydrogen (secondary N) is 2. The Morgan fingerprint density at radius 2 is 1.93 bits per heavy atom. The number of rotatable bonds is 4. The summed E-state index contributed by atoms with van der Waals surface area (Å²) >= 11 is 6.07. The molecule has 6 nitrogen and oxygen atoms in total. The van der Waals surface area contributed by atoms with Gasteiger partial charge >= 0.3 is 5.69 Å². The van der Waals surface area contributed by atoms with Crippen molar-refractivity contribution >= 4 is 22.6 Å². The van der Waals surface area contributed by atoms with Crippen molar-refractivity contribution in [3.8, 4) is 0 Å². The van der Waals surface area contributed by atoms with Gasteiger partial charge in [0.2, 0.25) is 0 Å². The van der Waals surface area contributed by atoms with Crippen LogP contribution in [0, 0.1) is 0 Å². The lowest BCUT2D eigenvalue weighted by Gasteiger charge is -2.32. The molecule has 3 aromatic rings. The highest BCUT2D eigenvalue weighted by atomic mass is 35.5. The Labute approximate surface area is 180 Å². The molecule has 1 fully saturated rings. The predicted octanol–water partition coefficient (Wildman–Crippen LogP) is 3.95. The van der Waals surface area contributed by atoms with E-state index in [-0.39, 0.29) is 11.7 Å². The Balaban J connectivity index is 1.26. The van der Waals surface area contributed by atoms with Crippen molar-refractivity contribution in [3.63, 3.8) is 0 Å². The first-order valence-electron chi connectivity index (χ1n) is 10.4. The van der Waals surface area contributed by atoms with E-state index < -0.39 is 5.60 Å². The van der Waals surface area contributed by atoms with Crippen LogP contribution in [0.1, 0.15) is 31.4 Å². The molecule has 30 heavy (non-hydrogen) atoms.